The van der Waals surface area contributed by atoms with Gasteiger partial charge in [-0.25, -0.2) is 0 Å². The van der Waals surface area contributed by atoms with E-state index in [0.29, 0.717) is 18.7 Å². The summed E-state index contributed by atoms with van der Waals surface area (Å²) >= 11 is 0. The first-order valence-corrected chi connectivity index (χ1v) is 5.90. The molecule has 0 aliphatic heterocycles. The Kier molecular flexibility index (Phi) is 3.49. The van der Waals surface area contributed by atoms with E-state index in [-0.39, 0.29) is 11.4 Å². The molecule has 18 heavy (non-hydrogen) atoms. The minimum absolute atomic E-state index is 0.0219. The smallest absolute Gasteiger partial charge is 0.270 e. The van der Waals surface area contributed by atoms with Gasteiger partial charge in [0.05, 0.1) is 10.5 Å². The molecule has 6 nitrogen and oxygen atoms in total. The maximum atomic E-state index is 10.6. The molecule has 0 amide bonds. The fourth-order valence-electron chi connectivity index (χ4n) is 2.02. The van der Waals surface area contributed by atoms with E-state index in [4.69, 9.17) is 0 Å². The Hall–Kier alpha value is -1.66. The molecule has 0 heterocycles. The summed E-state index contributed by atoms with van der Waals surface area (Å²) in [7, 11) is 0. The van der Waals surface area contributed by atoms with Crippen LogP contribution in [0.2, 0.25) is 0 Å². The highest BCUT2D eigenvalue weighted by atomic mass is 16.6. The second kappa shape index (κ2) is 4.91. The Morgan fingerprint density at radius 1 is 1.44 bits per heavy atom. The number of nitro benzene ring substituents is 1. The number of aromatic hydroxyl groups is 1. The van der Waals surface area contributed by atoms with Crippen LogP contribution in [0, 0.1) is 10.1 Å². The van der Waals surface area contributed by atoms with Crippen LogP contribution in [0.1, 0.15) is 24.8 Å². The largest absolute Gasteiger partial charge is 0.508 e. The molecule has 0 aromatic heterocycles. The Balaban J connectivity index is 1.95. The van der Waals surface area contributed by atoms with E-state index in [0.717, 1.165) is 19.3 Å². The predicted octanol–water partition coefficient (Wildman–Crippen LogP) is 1.30. The van der Waals surface area contributed by atoms with Gasteiger partial charge < -0.3 is 15.5 Å². The summed E-state index contributed by atoms with van der Waals surface area (Å²) in [5.74, 6) is 0.0219. The number of hydrogen-bond acceptors (Lipinski definition) is 5. The molecule has 0 radical (unpaired) electrons. The Morgan fingerprint density at radius 2 is 2.17 bits per heavy atom. The van der Waals surface area contributed by atoms with E-state index in [9.17, 15) is 20.3 Å². The average molecular weight is 252 g/mol. The van der Waals surface area contributed by atoms with Crippen LogP contribution in [0.25, 0.3) is 0 Å². The van der Waals surface area contributed by atoms with Gasteiger partial charge in [0.25, 0.3) is 5.69 Å². The highest BCUT2D eigenvalue weighted by molar-refractivity contribution is 5.42. The molecule has 1 aliphatic carbocycles. The van der Waals surface area contributed by atoms with Crippen LogP contribution in [-0.2, 0) is 6.54 Å². The third kappa shape index (κ3) is 2.77. The topological polar surface area (TPSA) is 95.6 Å². The summed E-state index contributed by atoms with van der Waals surface area (Å²) in [5.41, 5.74) is -0.227. The van der Waals surface area contributed by atoms with Crippen LogP contribution in [0.3, 0.4) is 0 Å². The number of benzene rings is 1. The van der Waals surface area contributed by atoms with Crippen molar-refractivity contribution in [2.75, 3.05) is 6.54 Å². The second-order valence-corrected chi connectivity index (χ2v) is 4.75. The number of non-ortho nitro benzene ring substituents is 1. The number of phenolic OH excluding ortho intramolecular Hbond substituents is 1. The average Bonchev–Trinajstić information content (AvgIpc) is 2.29. The van der Waals surface area contributed by atoms with Gasteiger partial charge in [-0.15, -0.1) is 0 Å². The van der Waals surface area contributed by atoms with Crippen LogP contribution in [0.4, 0.5) is 5.69 Å². The molecule has 1 aromatic carbocycles. The van der Waals surface area contributed by atoms with Gasteiger partial charge in [-0.05, 0) is 25.3 Å². The summed E-state index contributed by atoms with van der Waals surface area (Å²) in [6.45, 7) is 0.741. The molecule has 6 heteroatoms. The molecule has 0 saturated heterocycles. The SMILES string of the molecule is O=[N+]([O-])c1ccc(O)c(CNCC2(O)CCC2)c1. The predicted molar refractivity (Wildman–Crippen MR) is 65.3 cm³/mol. The van der Waals surface area contributed by atoms with Gasteiger partial charge in [-0.3, -0.25) is 10.1 Å². The highest BCUT2D eigenvalue weighted by Crippen LogP contribution is 2.31. The molecule has 0 spiro atoms. The summed E-state index contributed by atoms with van der Waals surface area (Å²) in [4.78, 5) is 10.1. The lowest BCUT2D eigenvalue weighted by Crippen LogP contribution is -2.45. The molecule has 1 fully saturated rings. The van der Waals surface area contributed by atoms with Gasteiger partial charge in [0.15, 0.2) is 0 Å². The molecular weight excluding hydrogens is 236 g/mol. The molecule has 0 unspecified atom stereocenters. The van der Waals surface area contributed by atoms with Gasteiger partial charge in [0, 0.05) is 30.8 Å². The molecule has 1 saturated carbocycles. The van der Waals surface area contributed by atoms with Crippen molar-refractivity contribution in [2.45, 2.75) is 31.4 Å². The quantitative estimate of drug-likeness (QED) is 0.542. The fourth-order valence-corrected chi connectivity index (χ4v) is 2.02. The fraction of sp³-hybridized carbons (Fsp3) is 0.500. The number of nitrogens with one attached hydrogen (secondary N) is 1. The highest BCUT2D eigenvalue weighted by Gasteiger charge is 2.33. The number of aliphatic hydroxyl groups is 1. The summed E-state index contributed by atoms with van der Waals surface area (Å²) in [6, 6.07) is 3.92. The van der Waals surface area contributed by atoms with E-state index in [1.165, 1.54) is 18.2 Å². The Labute approximate surface area is 104 Å². The van der Waals surface area contributed by atoms with Crippen LogP contribution in [0.5, 0.6) is 5.75 Å². The van der Waals surface area contributed by atoms with Crippen molar-refractivity contribution in [3.8, 4) is 5.75 Å². The van der Waals surface area contributed by atoms with Crippen molar-refractivity contribution in [3.63, 3.8) is 0 Å². The molecule has 2 rings (SSSR count). The van der Waals surface area contributed by atoms with Gasteiger partial charge in [-0.1, -0.05) is 0 Å². The zero-order chi connectivity index (χ0) is 13.2. The molecule has 1 aliphatic rings. The van der Waals surface area contributed by atoms with Gasteiger partial charge in [0.1, 0.15) is 5.75 Å². The minimum atomic E-state index is -0.643. The zero-order valence-electron chi connectivity index (χ0n) is 9.93. The lowest BCUT2D eigenvalue weighted by Gasteiger charge is -2.36. The van der Waals surface area contributed by atoms with Crippen molar-refractivity contribution >= 4 is 5.69 Å². The number of phenols is 1. The van der Waals surface area contributed by atoms with Crippen LogP contribution >= 0.6 is 0 Å². The van der Waals surface area contributed by atoms with Crippen molar-refractivity contribution in [1.29, 1.82) is 0 Å². The number of nitrogens with zero attached hydrogens (tertiary/aromatic N) is 1. The van der Waals surface area contributed by atoms with Crippen molar-refractivity contribution in [1.82, 2.24) is 5.32 Å². The summed E-state index contributed by atoms with van der Waals surface area (Å²) in [5, 5.41) is 33.1. The maximum absolute atomic E-state index is 10.6. The van der Waals surface area contributed by atoms with Crippen molar-refractivity contribution < 1.29 is 15.1 Å². The molecule has 0 atom stereocenters. The van der Waals surface area contributed by atoms with Crippen LogP contribution < -0.4 is 5.32 Å². The van der Waals surface area contributed by atoms with E-state index in [1.807, 2.05) is 0 Å². The number of hydrogen-bond donors (Lipinski definition) is 3. The summed E-state index contributed by atoms with van der Waals surface area (Å²) < 4.78 is 0. The van der Waals surface area contributed by atoms with E-state index >= 15 is 0 Å². The first-order valence-electron chi connectivity index (χ1n) is 5.90. The molecule has 0 bridgehead atoms. The molecular formula is C12H16N2O4. The lowest BCUT2D eigenvalue weighted by molar-refractivity contribution is -0.384. The molecule has 98 valence electrons. The molecule has 1 aromatic rings. The van der Waals surface area contributed by atoms with Crippen molar-refractivity contribution in [2.24, 2.45) is 0 Å². The van der Waals surface area contributed by atoms with Gasteiger partial charge >= 0.3 is 0 Å². The van der Waals surface area contributed by atoms with E-state index < -0.39 is 10.5 Å². The van der Waals surface area contributed by atoms with Crippen LogP contribution in [0.15, 0.2) is 18.2 Å². The molecule has 3 N–H and O–H groups in total. The van der Waals surface area contributed by atoms with E-state index in [2.05, 4.69) is 5.32 Å². The Bertz CT molecular complexity index is 457. The zero-order valence-corrected chi connectivity index (χ0v) is 9.93. The first-order chi connectivity index (χ1) is 8.50. The third-order valence-corrected chi connectivity index (χ3v) is 3.33. The minimum Gasteiger partial charge on any atom is -0.508 e. The standard InChI is InChI=1S/C12H16N2O4/c15-11-3-2-10(14(17)18)6-9(11)7-13-8-12(16)4-1-5-12/h2-3,6,13,15-16H,1,4-5,7-8H2. The Morgan fingerprint density at radius 3 is 2.72 bits per heavy atom. The second-order valence-electron chi connectivity index (χ2n) is 4.75. The summed E-state index contributed by atoms with van der Waals surface area (Å²) in [6.07, 6.45) is 2.59. The lowest BCUT2D eigenvalue weighted by atomic mass is 9.80. The van der Waals surface area contributed by atoms with Gasteiger partial charge in [-0.2, -0.15) is 0 Å². The van der Waals surface area contributed by atoms with Gasteiger partial charge in [0.2, 0.25) is 0 Å². The van der Waals surface area contributed by atoms with Crippen molar-refractivity contribution in [3.05, 3.63) is 33.9 Å². The maximum Gasteiger partial charge on any atom is 0.270 e. The van der Waals surface area contributed by atoms with Crippen LogP contribution in [-0.4, -0.2) is 27.3 Å². The first kappa shape index (κ1) is 12.8. The monoisotopic (exact) mass is 252 g/mol. The van der Waals surface area contributed by atoms with E-state index in [1.54, 1.807) is 0 Å². The number of nitro groups is 1. The third-order valence-electron chi connectivity index (χ3n) is 3.33. The normalized spacial score (nSPS) is 17.2. The number of rotatable bonds is 5.